The third-order valence-electron chi connectivity index (χ3n) is 3.66. The summed E-state index contributed by atoms with van der Waals surface area (Å²) in [5, 5.41) is 3.25. The number of benzene rings is 1. The number of likely N-dealkylation sites (tertiary alicyclic amines) is 1. The Bertz CT molecular complexity index is 500. The molecular formula is C15H19F3N2O. The Balaban J connectivity index is 2.20. The lowest BCUT2D eigenvalue weighted by molar-refractivity contribution is -0.138. The summed E-state index contributed by atoms with van der Waals surface area (Å²) in [5.41, 5.74) is -1.12. The molecule has 1 aromatic carbocycles. The molecule has 0 aromatic heterocycles. The Kier molecular flexibility index (Phi) is 4.88. The smallest absolute Gasteiger partial charge is 0.337 e. The molecule has 21 heavy (non-hydrogen) atoms. The standard InChI is InChI=1S/C15H19F3N2O/c1-2-19-11-6-5-9-20(10-11)14(21)12-7-3-4-8-13(12)15(16,17)18/h3-4,7-8,11,19H,2,5-6,9-10H2,1H3. The first-order chi connectivity index (χ1) is 9.93. The van der Waals surface area contributed by atoms with E-state index in [1.807, 2.05) is 6.92 Å². The summed E-state index contributed by atoms with van der Waals surface area (Å²) in [4.78, 5) is 13.9. The lowest BCUT2D eigenvalue weighted by Gasteiger charge is -2.33. The Morgan fingerprint density at radius 2 is 2.10 bits per heavy atom. The van der Waals surface area contributed by atoms with Crippen LogP contribution in [0.4, 0.5) is 13.2 Å². The molecule has 1 N–H and O–H groups in total. The largest absolute Gasteiger partial charge is 0.417 e. The van der Waals surface area contributed by atoms with E-state index in [1.165, 1.54) is 23.1 Å². The van der Waals surface area contributed by atoms with Gasteiger partial charge in [0.05, 0.1) is 11.1 Å². The van der Waals surface area contributed by atoms with Crippen LogP contribution in [-0.2, 0) is 6.18 Å². The first kappa shape index (κ1) is 15.8. The number of nitrogens with one attached hydrogen (secondary N) is 1. The number of hydrogen-bond acceptors (Lipinski definition) is 2. The molecule has 0 saturated carbocycles. The van der Waals surface area contributed by atoms with Gasteiger partial charge in [-0.15, -0.1) is 0 Å². The minimum Gasteiger partial charge on any atom is -0.337 e. The number of likely N-dealkylation sites (N-methyl/N-ethyl adjacent to an activating group) is 1. The molecule has 0 aliphatic carbocycles. The number of carbonyl (C=O) groups excluding carboxylic acids is 1. The number of halogens is 3. The molecule has 1 aliphatic rings. The fourth-order valence-corrected chi connectivity index (χ4v) is 2.70. The molecule has 1 saturated heterocycles. The molecule has 1 unspecified atom stereocenters. The van der Waals surface area contributed by atoms with E-state index >= 15 is 0 Å². The molecular weight excluding hydrogens is 281 g/mol. The topological polar surface area (TPSA) is 32.3 Å². The molecule has 2 rings (SSSR count). The summed E-state index contributed by atoms with van der Waals surface area (Å²) in [5.74, 6) is -0.537. The van der Waals surface area contributed by atoms with Gasteiger partial charge in [-0.25, -0.2) is 0 Å². The van der Waals surface area contributed by atoms with Gasteiger partial charge in [-0.3, -0.25) is 4.79 Å². The van der Waals surface area contributed by atoms with Gasteiger partial charge in [0.2, 0.25) is 0 Å². The van der Waals surface area contributed by atoms with E-state index in [4.69, 9.17) is 0 Å². The molecule has 1 atom stereocenters. The van der Waals surface area contributed by atoms with Gasteiger partial charge in [-0.2, -0.15) is 13.2 Å². The van der Waals surface area contributed by atoms with E-state index in [1.54, 1.807) is 0 Å². The van der Waals surface area contributed by atoms with Crippen molar-refractivity contribution in [2.45, 2.75) is 32.0 Å². The quantitative estimate of drug-likeness (QED) is 0.931. The van der Waals surface area contributed by atoms with Gasteiger partial charge < -0.3 is 10.2 Å². The van der Waals surface area contributed by atoms with Crippen molar-refractivity contribution in [3.05, 3.63) is 35.4 Å². The number of nitrogens with zero attached hydrogens (tertiary/aromatic N) is 1. The number of hydrogen-bond donors (Lipinski definition) is 1. The zero-order valence-electron chi connectivity index (χ0n) is 11.9. The van der Waals surface area contributed by atoms with Crippen LogP contribution in [0.2, 0.25) is 0 Å². The second kappa shape index (κ2) is 6.47. The van der Waals surface area contributed by atoms with Crippen molar-refractivity contribution in [1.29, 1.82) is 0 Å². The molecule has 3 nitrogen and oxygen atoms in total. The van der Waals surface area contributed by atoms with Gasteiger partial charge in [0.1, 0.15) is 0 Å². The molecule has 0 bridgehead atoms. The first-order valence-corrected chi connectivity index (χ1v) is 7.12. The highest BCUT2D eigenvalue weighted by Gasteiger charge is 2.36. The van der Waals surface area contributed by atoms with E-state index in [0.717, 1.165) is 25.5 Å². The second-order valence-corrected chi connectivity index (χ2v) is 5.19. The van der Waals surface area contributed by atoms with Crippen LogP contribution in [0.5, 0.6) is 0 Å². The SMILES string of the molecule is CCNC1CCCN(C(=O)c2ccccc2C(F)(F)F)C1. The minimum atomic E-state index is -4.51. The first-order valence-electron chi connectivity index (χ1n) is 7.12. The molecule has 1 amide bonds. The number of piperidine rings is 1. The summed E-state index contributed by atoms with van der Waals surface area (Å²) in [6.07, 6.45) is -2.76. The second-order valence-electron chi connectivity index (χ2n) is 5.19. The normalized spacial score (nSPS) is 19.6. The lowest BCUT2D eigenvalue weighted by Crippen LogP contribution is -2.48. The Morgan fingerprint density at radius 1 is 1.38 bits per heavy atom. The van der Waals surface area contributed by atoms with Gasteiger partial charge in [0.25, 0.3) is 5.91 Å². The fourth-order valence-electron chi connectivity index (χ4n) is 2.70. The molecule has 1 heterocycles. The Hall–Kier alpha value is -1.56. The Labute approximate surface area is 122 Å². The lowest BCUT2D eigenvalue weighted by atomic mass is 10.0. The summed E-state index contributed by atoms with van der Waals surface area (Å²) in [6, 6.07) is 5.14. The highest BCUT2D eigenvalue weighted by atomic mass is 19.4. The van der Waals surface area contributed by atoms with Crippen molar-refractivity contribution in [3.8, 4) is 0 Å². The Morgan fingerprint density at radius 3 is 2.76 bits per heavy atom. The number of alkyl halides is 3. The van der Waals surface area contributed by atoms with Crippen molar-refractivity contribution in [2.24, 2.45) is 0 Å². The van der Waals surface area contributed by atoms with Crippen LogP contribution in [0.3, 0.4) is 0 Å². The molecule has 6 heteroatoms. The van der Waals surface area contributed by atoms with Gasteiger partial charge >= 0.3 is 6.18 Å². The van der Waals surface area contributed by atoms with Crippen LogP contribution in [0.25, 0.3) is 0 Å². The number of amides is 1. The zero-order chi connectivity index (χ0) is 15.5. The predicted molar refractivity (Wildman–Crippen MR) is 74.0 cm³/mol. The third-order valence-corrected chi connectivity index (χ3v) is 3.66. The van der Waals surface area contributed by atoms with Crippen LogP contribution >= 0.6 is 0 Å². The highest BCUT2D eigenvalue weighted by molar-refractivity contribution is 5.96. The fraction of sp³-hybridized carbons (Fsp3) is 0.533. The van der Waals surface area contributed by atoms with Crippen molar-refractivity contribution in [1.82, 2.24) is 10.2 Å². The van der Waals surface area contributed by atoms with Crippen molar-refractivity contribution < 1.29 is 18.0 Å². The van der Waals surface area contributed by atoms with Crippen molar-refractivity contribution in [2.75, 3.05) is 19.6 Å². The average molecular weight is 300 g/mol. The zero-order valence-corrected chi connectivity index (χ0v) is 11.9. The maximum absolute atomic E-state index is 13.0. The van der Waals surface area contributed by atoms with Gasteiger partial charge in [-0.05, 0) is 31.5 Å². The molecule has 0 radical (unpaired) electrons. The van der Waals surface area contributed by atoms with Crippen LogP contribution in [0.1, 0.15) is 35.7 Å². The molecule has 1 fully saturated rings. The summed E-state index contributed by atoms with van der Waals surface area (Å²) < 4.78 is 39.0. The van der Waals surface area contributed by atoms with E-state index < -0.39 is 17.6 Å². The van der Waals surface area contributed by atoms with Crippen molar-refractivity contribution in [3.63, 3.8) is 0 Å². The van der Waals surface area contributed by atoms with E-state index in [2.05, 4.69) is 5.32 Å². The molecule has 1 aromatic rings. The van der Waals surface area contributed by atoms with Crippen LogP contribution in [0, 0.1) is 0 Å². The van der Waals surface area contributed by atoms with E-state index in [0.29, 0.717) is 13.1 Å². The summed E-state index contributed by atoms with van der Waals surface area (Å²) >= 11 is 0. The van der Waals surface area contributed by atoms with Crippen LogP contribution < -0.4 is 5.32 Å². The molecule has 0 spiro atoms. The van der Waals surface area contributed by atoms with Gasteiger partial charge in [0.15, 0.2) is 0 Å². The third kappa shape index (κ3) is 3.75. The number of rotatable bonds is 3. The monoisotopic (exact) mass is 300 g/mol. The number of carbonyl (C=O) groups is 1. The maximum atomic E-state index is 13.0. The van der Waals surface area contributed by atoms with Gasteiger partial charge in [-0.1, -0.05) is 19.1 Å². The summed E-state index contributed by atoms with van der Waals surface area (Å²) in [7, 11) is 0. The highest BCUT2D eigenvalue weighted by Crippen LogP contribution is 2.32. The van der Waals surface area contributed by atoms with Crippen LogP contribution in [-0.4, -0.2) is 36.5 Å². The van der Waals surface area contributed by atoms with E-state index in [-0.39, 0.29) is 11.6 Å². The maximum Gasteiger partial charge on any atom is 0.417 e. The van der Waals surface area contributed by atoms with E-state index in [9.17, 15) is 18.0 Å². The average Bonchev–Trinajstić information content (AvgIpc) is 2.46. The molecule has 1 aliphatic heterocycles. The minimum absolute atomic E-state index is 0.158. The molecule has 116 valence electrons. The summed E-state index contributed by atoms with van der Waals surface area (Å²) in [6.45, 7) is 3.72. The van der Waals surface area contributed by atoms with Crippen LogP contribution in [0.15, 0.2) is 24.3 Å². The van der Waals surface area contributed by atoms with Gasteiger partial charge in [0, 0.05) is 19.1 Å². The van der Waals surface area contributed by atoms with Crippen molar-refractivity contribution >= 4 is 5.91 Å². The predicted octanol–water partition coefficient (Wildman–Crippen LogP) is 2.92.